The van der Waals surface area contributed by atoms with Crippen molar-refractivity contribution in [3.05, 3.63) is 0 Å². The first-order valence-corrected chi connectivity index (χ1v) is 5.95. The largest absolute Gasteiger partial charge is 0.314 e. The molecule has 1 heteroatoms. The molecule has 0 bridgehead atoms. The van der Waals surface area contributed by atoms with Gasteiger partial charge in [-0.05, 0) is 38.6 Å². The van der Waals surface area contributed by atoms with Crippen LogP contribution >= 0.6 is 0 Å². The minimum absolute atomic E-state index is 0.217. The fourth-order valence-corrected chi connectivity index (χ4v) is 2.06. The standard InChI is InChI=1S/C13H29N/c1-8-9-11(2)10-12(3,4)13(5,6)14-7/h11,14H,8-10H2,1-7H3. The maximum Gasteiger partial charge on any atom is 0.0173 e. The van der Waals surface area contributed by atoms with Crippen LogP contribution in [0.5, 0.6) is 0 Å². The molecule has 86 valence electrons. The lowest BCUT2D eigenvalue weighted by Gasteiger charge is -2.43. The molecule has 0 aliphatic rings. The van der Waals surface area contributed by atoms with Gasteiger partial charge >= 0.3 is 0 Å². The molecule has 1 unspecified atom stereocenters. The highest BCUT2D eigenvalue weighted by Gasteiger charge is 2.36. The van der Waals surface area contributed by atoms with E-state index >= 15 is 0 Å². The van der Waals surface area contributed by atoms with E-state index in [2.05, 4.69) is 53.9 Å². The molecule has 0 aliphatic carbocycles. The quantitative estimate of drug-likeness (QED) is 0.685. The van der Waals surface area contributed by atoms with E-state index in [0.717, 1.165) is 5.92 Å². The third-order valence-electron chi connectivity index (χ3n) is 3.96. The van der Waals surface area contributed by atoms with Gasteiger partial charge in [0.1, 0.15) is 0 Å². The lowest BCUT2D eigenvalue weighted by Crippen LogP contribution is -2.50. The van der Waals surface area contributed by atoms with E-state index in [1.54, 1.807) is 0 Å². The topological polar surface area (TPSA) is 12.0 Å². The molecule has 0 fully saturated rings. The maximum absolute atomic E-state index is 3.43. The molecule has 0 heterocycles. The highest BCUT2D eigenvalue weighted by molar-refractivity contribution is 4.92. The average Bonchev–Trinajstić information content (AvgIpc) is 2.03. The molecule has 1 nitrogen and oxygen atoms in total. The van der Waals surface area contributed by atoms with Gasteiger partial charge < -0.3 is 5.32 Å². The fourth-order valence-electron chi connectivity index (χ4n) is 2.06. The van der Waals surface area contributed by atoms with Gasteiger partial charge in [-0.25, -0.2) is 0 Å². The van der Waals surface area contributed by atoms with E-state index in [4.69, 9.17) is 0 Å². The number of hydrogen-bond acceptors (Lipinski definition) is 1. The summed E-state index contributed by atoms with van der Waals surface area (Å²) in [6.07, 6.45) is 3.95. The SMILES string of the molecule is CCCC(C)CC(C)(C)C(C)(C)NC. The molecule has 1 atom stereocenters. The molecule has 0 amide bonds. The van der Waals surface area contributed by atoms with E-state index in [-0.39, 0.29) is 5.54 Å². The van der Waals surface area contributed by atoms with Crippen molar-refractivity contribution < 1.29 is 0 Å². The smallest absolute Gasteiger partial charge is 0.0173 e. The van der Waals surface area contributed by atoms with Gasteiger partial charge in [-0.15, -0.1) is 0 Å². The van der Waals surface area contributed by atoms with Crippen LogP contribution in [0.15, 0.2) is 0 Å². The number of nitrogens with one attached hydrogen (secondary N) is 1. The predicted octanol–water partition coefficient (Wildman–Crippen LogP) is 3.84. The van der Waals surface area contributed by atoms with E-state index in [9.17, 15) is 0 Å². The molecule has 0 saturated carbocycles. The van der Waals surface area contributed by atoms with Crippen LogP contribution in [0, 0.1) is 11.3 Å². The van der Waals surface area contributed by atoms with Gasteiger partial charge in [0, 0.05) is 5.54 Å². The Morgan fingerprint density at radius 2 is 1.64 bits per heavy atom. The van der Waals surface area contributed by atoms with Crippen LogP contribution in [0.25, 0.3) is 0 Å². The average molecular weight is 199 g/mol. The normalized spacial score (nSPS) is 15.6. The molecule has 0 aromatic carbocycles. The Hall–Kier alpha value is -0.0400. The van der Waals surface area contributed by atoms with Crippen LogP contribution in [0.2, 0.25) is 0 Å². The Labute approximate surface area is 90.7 Å². The lowest BCUT2D eigenvalue weighted by molar-refractivity contribution is 0.126. The Balaban J connectivity index is 4.32. The summed E-state index contributed by atoms with van der Waals surface area (Å²) in [5.74, 6) is 0.836. The molecule has 0 aromatic heterocycles. The molecule has 0 aromatic rings. The van der Waals surface area contributed by atoms with Gasteiger partial charge in [-0.3, -0.25) is 0 Å². The second kappa shape index (κ2) is 5.16. The van der Waals surface area contributed by atoms with Crippen molar-refractivity contribution in [2.75, 3.05) is 7.05 Å². The number of rotatable bonds is 6. The Morgan fingerprint density at radius 3 is 2.00 bits per heavy atom. The van der Waals surface area contributed by atoms with Crippen molar-refractivity contribution in [1.82, 2.24) is 5.32 Å². The fraction of sp³-hybridized carbons (Fsp3) is 1.00. The van der Waals surface area contributed by atoms with Crippen molar-refractivity contribution >= 4 is 0 Å². The van der Waals surface area contributed by atoms with Crippen LogP contribution in [-0.2, 0) is 0 Å². The van der Waals surface area contributed by atoms with Crippen LogP contribution in [0.1, 0.15) is 60.8 Å². The van der Waals surface area contributed by atoms with Crippen molar-refractivity contribution in [3.63, 3.8) is 0 Å². The number of hydrogen-bond donors (Lipinski definition) is 1. The van der Waals surface area contributed by atoms with Crippen LogP contribution < -0.4 is 5.32 Å². The van der Waals surface area contributed by atoms with Crippen molar-refractivity contribution in [2.45, 2.75) is 66.3 Å². The zero-order valence-corrected chi connectivity index (χ0v) is 11.2. The minimum Gasteiger partial charge on any atom is -0.314 e. The van der Waals surface area contributed by atoms with Crippen molar-refractivity contribution in [3.8, 4) is 0 Å². The Bertz CT molecular complexity index is 159. The summed E-state index contributed by atoms with van der Waals surface area (Å²) in [7, 11) is 2.06. The molecule has 0 aliphatic heterocycles. The monoisotopic (exact) mass is 199 g/mol. The van der Waals surface area contributed by atoms with Gasteiger partial charge in [0.15, 0.2) is 0 Å². The molecule has 0 spiro atoms. The second-order valence-corrected chi connectivity index (χ2v) is 5.86. The van der Waals surface area contributed by atoms with E-state index < -0.39 is 0 Å². The predicted molar refractivity (Wildman–Crippen MR) is 65.6 cm³/mol. The van der Waals surface area contributed by atoms with Gasteiger partial charge in [0.05, 0.1) is 0 Å². The molecule has 14 heavy (non-hydrogen) atoms. The summed E-state index contributed by atoms with van der Waals surface area (Å²) < 4.78 is 0. The van der Waals surface area contributed by atoms with Crippen LogP contribution in [0.4, 0.5) is 0 Å². The Kier molecular flexibility index (Phi) is 5.14. The Morgan fingerprint density at radius 1 is 1.14 bits per heavy atom. The highest BCUT2D eigenvalue weighted by Crippen LogP contribution is 2.37. The van der Waals surface area contributed by atoms with E-state index in [1.807, 2.05) is 0 Å². The van der Waals surface area contributed by atoms with Gasteiger partial charge in [0.25, 0.3) is 0 Å². The molecule has 0 saturated heterocycles. The first-order chi connectivity index (χ1) is 6.27. The molecular formula is C13H29N. The lowest BCUT2D eigenvalue weighted by atomic mass is 9.69. The zero-order chi connectivity index (χ0) is 11.4. The van der Waals surface area contributed by atoms with E-state index in [1.165, 1.54) is 19.3 Å². The molecular weight excluding hydrogens is 170 g/mol. The van der Waals surface area contributed by atoms with Gasteiger partial charge in [-0.1, -0.05) is 40.5 Å². The first-order valence-electron chi connectivity index (χ1n) is 5.95. The molecule has 0 radical (unpaired) electrons. The van der Waals surface area contributed by atoms with Gasteiger partial charge in [0.2, 0.25) is 0 Å². The highest BCUT2D eigenvalue weighted by atomic mass is 14.9. The summed E-state index contributed by atoms with van der Waals surface area (Å²) in [5, 5.41) is 3.43. The zero-order valence-electron chi connectivity index (χ0n) is 11.2. The third kappa shape index (κ3) is 3.61. The van der Waals surface area contributed by atoms with Crippen molar-refractivity contribution in [2.24, 2.45) is 11.3 Å². The summed E-state index contributed by atoms with van der Waals surface area (Å²) >= 11 is 0. The minimum atomic E-state index is 0.217. The molecule has 0 rings (SSSR count). The molecule has 1 N–H and O–H groups in total. The van der Waals surface area contributed by atoms with Crippen molar-refractivity contribution in [1.29, 1.82) is 0 Å². The first kappa shape index (κ1) is 14.0. The van der Waals surface area contributed by atoms with Crippen LogP contribution in [0.3, 0.4) is 0 Å². The van der Waals surface area contributed by atoms with E-state index in [0.29, 0.717) is 5.41 Å². The maximum atomic E-state index is 3.43. The summed E-state index contributed by atoms with van der Waals surface area (Å²) in [6, 6.07) is 0. The summed E-state index contributed by atoms with van der Waals surface area (Å²) in [4.78, 5) is 0. The second-order valence-electron chi connectivity index (χ2n) is 5.86. The summed E-state index contributed by atoms with van der Waals surface area (Å²) in [6.45, 7) is 14.0. The third-order valence-corrected chi connectivity index (χ3v) is 3.96. The summed E-state index contributed by atoms with van der Waals surface area (Å²) in [5.41, 5.74) is 0.575. The van der Waals surface area contributed by atoms with Crippen LogP contribution in [-0.4, -0.2) is 12.6 Å². The van der Waals surface area contributed by atoms with Gasteiger partial charge in [-0.2, -0.15) is 0 Å².